The normalized spacial score (nSPS) is 47.4. The van der Waals surface area contributed by atoms with Crippen molar-refractivity contribution < 1.29 is 29.6 Å². The largest absolute Gasteiger partial charge is 0.458 e. The number of cyclic esters (lactones) is 1. The first-order chi connectivity index (χ1) is 15.9. The smallest absolute Gasteiger partial charge is 0.336 e. The van der Waals surface area contributed by atoms with E-state index >= 15 is 0 Å². The Balaban J connectivity index is 1.48. The Morgan fingerprint density at radius 2 is 1.85 bits per heavy atom. The fourth-order valence-electron chi connectivity index (χ4n) is 8.90. The van der Waals surface area contributed by atoms with Crippen LogP contribution in [0.15, 0.2) is 22.8 Å². The molecule has 0 aromatic rings. The lowest BCUT2D eigenvalue weighted by Crippen LogP contribution is -2.66. The van der Waals surface area contributed by atoms with Crippen LogP contribution in [0.5, 0.6) is 0 Å². The zero-order valence-electron chi connectivity index (χ0n) is 21.0. The van der Waals surface area contributed by atoms with Crippen LogP contribution in [0, 0.1) is 28.6 Å². The van der Waals surface area contributed by atoms with Gasteiger partial charge in [0.25, 0.3) is 0 Å². The first-order valence-corrected chi connectivity index (χ1v) is 13.1. The molecule has 0 aromatic carbocycles. The number of rotatable bonds is 3. The molecule has 8 atom stereocenters. The van der Waals surface area contributed by atoms with Gasteiger partial charge in [0.1, 0.15) is 11.9 Å². The molecule has 0 bridgehead atoms. The molecule has 3 fully saturated rings. The molecule has 3 saturated carbocycles. The molecule has 1 aliphatic heterocycles. The third kappa shape index (κ3) is 2.85. The second-order valence-corrected chi connectivity index (χ2v) is 12.2. The predicted octanol–water partition coefficient (Wildman–Crippen LogP) is 3.62. The highest BCUT2D eigenvalue weighted by atomic mass is 16.5. The van der Waals surface area contributed by atoms with E-state index in [4.69, 9.17) is 4.74 Å². The number of aliphatic hydroxyl groups is 3. The third-order valence-corrected chi connectivity index (χ3v) is 11.3. The topological polar surface area (TPSA) is 104 Å². The van der Waals surface area contributed by atoms with E-state index in [1.165, 1.54) is 5.57 Å². The van der Waals surface area contributed by atoms with Crippen molar-refractivity contribution >= 4 is 11.8 Å². The molecule has 1 heterocycles. The SMILES string of the molecule is CC1=C(CO)C(=O)O[C@@H]([C@@H](C)[C@]2(O)CC[C@@]3(O)[C@@H]4CC=C5CCCC(=O)[C@]5(C)[C@H]4CC[C@]23C)C1. The van der Waals surface area contributed by atoms with Crippen molar-refractivity contribution in [2.24, 2.45) is 28.6 Å². The molecular formula is C28H40O6. The van der Waals surface area contributed by atoms with Crippen molar-refractivity contribution in [3.63, 3.8) is 0 Å². The van der Waals surface area contributed by atoms with Gasteiger partial charge >= 0.3 is 5.97 Å². The van der Waals surface area contributed by atoms with E-state index in [0.717, 1.165) is 31.3 Å². The summed E-state index contributed by atoms with van der Waals surface area (Å²) in [5.74, 6) is -0.545. The van der Waals surface area contributed by atoms with E-state index in [2.05, 4.69) is 13.0 Å². The number of aliphatic hydroxyl groups excluding tert-OH is 1. The zero-order chi connectivity index (χ0) is 24.7. The van der Waals surface area contributed by atoms with Crippen molar-refractivity contribution in [2.75, 3.05) is 6.61 Å². The van der Waals surface area contributed by atoms with Gasteiger partial charge in [0.15, 0.2) is 0 Å². The molecule has 188 valence electrons. The summed E-state index contributed by atoms with van der Waals surface area (Å²) in [7, 11) is 0. The highest BCUT2D eigenvalue weighted by molar-refractivity contribution is 5.90. The number of hydrogen-bond acceptors (Lipinski definition) is 6. The van der Waals surface area contributed by atoms with E-state index in [1.807, 2.05) is 20.8 Å². The molecule has 0 spiro atoms. The Hall–Kier alpha value is -1.50. The van der Waals surface area contributed by atoms with Crippen LogP contribution in [0.25, 0.3) is 0 Å². The molecule has 4 aliphatic carbocycles. The highest BCUT2D eigenvalue weighted by Gasteiger charge is 2.73. The lowest BCUT2D eigenvalue weighted by atomic mass is 9.44. The average Bonchev–Trinajstić information content (AvgIpc) is 3.01. The lowest BCUT2D eigenvalue weighted by Gasteiger charge is -2.62. The summed E-state index contributed by atoms with van der Waals surface area (Å²) in [4.78, 5) is 25.7. The van der Waals surface area contributed by atoms with Crippen LogP contribution in [0.1, 0.15) is 85.5 Å². The standard InChI is InChI=1S/C28H40O6/c1-16-14-22(34-24(31)19(16)15-29)17(2)27(32)12-13-28(33)21-9-8-18-6-5-7-23(30)26(18,4)20(21)10-11-25(27,28)3/h8,17,20-22,29,32-33H,5-7,9-15H2,1-4H3/t17-,20+,21-,22-,25-,26+,27-,28-/m1/s1. The van der Waals surface area contributed by atoms with Gasteiger partial charge in [-0.05, 0) is 70.6 Å². The summed E-state index contributed by atoms with van der Waals surface area (Å²) in [6.07, 6.45) is 7.81. The van der Waals surface area contributed by atoms with E-state index < -0.39 is 34.1 Å². The number of carbonyl (C=O) groups is 2. The number of ketones is 1. The minimum absolute atomic E-state index is 0.0696. The van der Waals surface area contributed by atoms with Crippen LogP contribution in [-0.2, 0) is 14.3 Å². The number of hydrogen-bond donors (Lipinski definition) is 3. The number of ether oxygens (including phenoxy) is 1. The van der Waals surface area contributed by atoms with Crippen LogP contribution in [0.3, 0.4) is 0 Å². The molecule has 0 amide bonds. The molecule has 5 aliphatic rings. The summed E-state index contributed by atoms with van der Waals surface area (Å²) in [6, 6.07) is 0. The summed E-state index contributed by atoms with van der Waals surface area (Å²) in [6.45, 7) is 7.54. The van der Waals surface area contributed by atoms with Gasteiger partial charge in [-0.2, -0.15) is 0 Å². The van der Waals surface area contributed by atoms with Crippen LogP contribution < -0.4 is 0 Å². The minimum atomic E-state index is -1.20. The molecule has 0 saturated heterocycles. The summed E-state index contributed by atoms with van der Waals surface area (Å²) in [5, 5.41) is 34.2. The fourth-order valence-corrected chi connectivity index (χ4v) is 8.90. The minimum Gasteiger partial charge on any atom is -0.458 e. The second-order valence-electron chi connectivity index (χ2n) is 12.2. The van der Waals surface area contributed by atoms with Gasteiger partial charge in [-0.1, -0.05) is 31.1 Å². The first kappa shape index (κ1) is 24.2. The van der Waals surface area contributed by atoms with Crippen molar-refractivity contribution in [2.45, 2.75) is 103 Å². The number of fused-ring (bicyclic) bond motifs is 5. The van der Waals surface area contributed by atoms with E-state index in [-0.39, 0.29) is 24.4 Å². The molecule has 34 heavy (non-hydrogen) atoms. The maximum atomic E-state index is 13.2. The van der Waals surface area contributed by atoms with Gasteiger partial charge in [-0.25, -0.2) is 4.79 Å². The molecule has 0 aromatic heterocycles. The summed E-state index contributed by atoms with van der Waals surface area (Å²) >= 11 is 0. The Morgan fingerprint density at radius 3 is 2.53 bits per heavy atom. The fraction of sp³-hybridized carbons (Fsp3) is 0.786. The molecule has 0 radical (unpaired) electrons. The van der Waals surface area contributed by atoms with Crippen LogP contribution in [0.4, 0.5) is 0 Å². The van der Waals surface area contributed by atoms with Gasteiger partial charge in [-0.15, -0.1) is 0 Å². The number of carbonyl (C=O) groups excluding carboxylic acids is 2. The van der Waals surface area contributed by atoms with Gasteiger partial charge in [-0.3, -0.25) is 4.79 Å². The Bertz CT molecular complexity index is 981. The maximum absolute atomic E-state index is 13.2. The van der Waals surface area contributed by atoms with Crippen LogP contribution in [-0.4, -0.2) is 51.0 Å². The molecule has 5 rings (SSSR count). The van der Waals surface area contributed by atoms with Crippen LogP contribution >= 0.6 is 0 Å². The van der Waals surface area contributed by atoms with Crippen molar-refractivity contribution in [3.8, 4) is 0 Å². The Morgan fingerprint density at radius 1 is 1.12 bits per heavy atom. The molecule has 3 N–H and O–H groups in total. The number of Topliss-reactive ketones (excluding diaryl/α,β-unsaturated/α-hetero) is 1. The van der Waals surface area contributed by atoms with E-state index in [1.54, 1.807) is 0 Å². The average molecular weight is 473 g/mol. The highest BCUT2D eigenvalue weighted by Crippen LogP contribution is 2.69. The van der Waals surface area contributed by atoms with Gasteiger partial charge in [0.05, 0.1) is 28.8 Å². The first-order valence-electron chi connectivity index (χ1n) is 13.1. The molecular weight excluding hydrogens is 432 g/mol. The van der Waals surface area contributed by atoms with E-state index in [0.29, 0.717) is 43.5 Å². The Kier molecular flexibility index (Phi) is 5.52. The number of esters is 1. The molecule has 6 heteroatoms. The predicted molar refractivity (Wildman–Crippen MR) is 127 cm³/mol. The number of allylic oxidation sites excluding steroid dienone is 2. The van der Waals surface area contributed by atoms with Gasteiger partial charge < -0.3 is 20.1 Å². The van der Waals surface area contributed by atoms with Gasteiger partial charge in [0, 0.05) is 24.2 Å². The van der Waals surface area contributed by atoms with Crippen molar-refractivity contribution in [1.82, 2.24) is 0 Å². The second kappa shape index (κ2) is 7.75. The van der Waals surface area contributed by atoms with Crippen LogP contribution in [0.2, 0.25) is 0 Å². The monoisotopic (exact) mass is 472 g/mol. The molecule has 0 unspecified atom stereocenters. The summed E-state index contributed by atoms with van der Waals surface area (Å²) in [5.41, 5.74) is -1.17. The third-order valence-electron chi connectivity index (χ3n) is 11.3. The molecule has 6 nitrogen and oxygen atoms in total. The maximum Gasteiger partial charge on any atom is 0.336 e. The lowest BCUT2D eigenvalue weighted by molar-refractivity contribution is -0.233. The van der Waals surface area contributed by atoms with Gasteiger partial charge in [0.2, 0.25) is 0 Å². The quantitative estimate of drug-likeness (QED) is 0.428. The summed E-state index contributed by atoms with van der Waals surface area (Å²) < 4.78 is 5.71. The zero-order valence-corrected chi connectivity index (χ0v) is 21.0. The van der Waals surface area contributed by atoms with Crippen molar-refractivity contribution in [1.29, 1.82) is 0 Å². The van der Waals surface area contributed by atoms with Crippen molar-refractivity contribution in [3.05, 3.63) is 22.8 Å². The van der Waals surface area contributed by atoms with E-state index in [9.17, 15) is 24.9 Å². The Labute approximate surface area is 202 Å².